The van der Waals surface area contributed by atoms with E-state index in [2.05, 4.69) is 11.4 Å². The minimum absolute atomic E-state index is 0.0175. The predicted molar refractivity (Wildman–Crippen MR) is 148 cm³/mol. The van der Waals surface area contributed by atoms with Gasteiger partial charge in [-0.1, -0.05) is 95.8 Å². The van der Waals surface area contributed by atoms with E-state index in [-0.39, 0.29) is 30.8 Å². The average molecular weight is 526 g/mol. The van der Waals surface area contributed by atoms with Gasteiger partial charge in [0.25, 0.3) is 0 Å². The Hall–Kier alpha value is -2.82. The van der Waals surface area contributed by atoms with Gasteiger partial charge in [-0.2, -0.15) is 0 Å². The molecular formula is C30H34Cl2N2O2. The summed E-state index contributed by atoms with van der Waals surface area (Å²) in [6, 6.07) is 20.4. The Bertz CT molecular complexity index is 1160. The first-order valence-corrected chi connectivity index (χ1v) is 13.1. The van der Waals surface area contributed by atoms with Gasteiger partial charge in [0.15, 0.2) is 0 Å². The molecule has 0 bridgehead atoms. The van der Waals surface area contributed by atoms with Crippen LogP contribution in [-0.2, 0) is 29.0 Å². The second-order valence-electron chi connectivity index (χ2n) is 9.42. The predicted octanol–water partition coefficient (Wildman–Crippen LogP) is 6.71. The van der Waals surface area contributed by atoms with Crippen molar-refractivity contribution in [3.8, 4) is 0 Å². The Morgan fingerprint density at radius 2 is 1.50 bits per heavy atom. The molecule has 0 aliphatic carbocycles. The lowest BCUT2D eigenvalue weighted by molar-refractivity contribution is -0.141. The molecule has 2 atom stereocenters. The van der Waals surface area contributed by atoms with E-state index in [4.69, 9.17) is 23.2 Å². The van der Waals surface area contributed by atoms with Gasteiger partial charge in [-0.05, 0) is 50.5 Å². The van der Waals surface area contributed by atoms with Crippen LogP contribution in [0.5, 0.6) is 0 Å². The zero-order valence-corrected chi connectivity index (χ0v) is 22.9. The van der Waals surface area contributed by atoms with Crippen molar-refractivity contribution >= 4 is 35.0 Å². The SMILES string of the molecule is CC[C@H](C)NC(=O)[C@@H](Cc1ccccc1)N(Cc1c(Cl)cccc1Cl)C(=O)Cc1cc(C)cc(C)c1. The van der Waals surface area contributed by atoms with Crippen LogP contribution in [0.2, 0.25) is 10.0 Å². The summed E-state index contributed by atoms with van der Waals surface area (Å²) in [6.45, 7) is 8.14. The van der Waals surface area contributed by atoms with Gasteiger partial charge in [-0.25, -0.2) is 0 Å². The minimum Gasteiger partial charge on any atom is -0.352 e. The molecule has 4 nitrogen and oxygen atoms in total. The normalized spacial score (nSPS) is 12.6. The Morgan fingerprint density at radius 1 is 0.889 bits per heavy atom. The molecule has 0 heterocycles. The van der Waals surface area contributed by atoms with Gasteiger partial charge < -0.3 is 10.2 Å². The van der Waals surface area contributed by atoms with Gasteiger partial charge in [-0.15, -0.1) is 0 Å². The molecule has 0 unspecified atom stereocenters. The topological polar surface area (TPSA) is 49.4 Å². The van der Waals surface area contributed by atoms with Crippen LogP contribution in [-0.4, -0.2) is 28.8 Å². The molecule has 3 aromatic carbocycles. The molecule has 3 aromatic rings. The Morgan fingerprint density at radius 3 is 2.08 bits per heavy atom. The first-order valence-electron chi connectivity index (χ1n) is 12.3. The molecule has 0 aromatic heterocycles. The van der Waals surface area contributed by atoms with Crippen molar-refractivity contribution in [2.45, 2.75) is 65.6 Å². The van der Waals surface area contributed by atoms with Crippen molar-refractivity contribution in [1.82, 2.24) is 10.2 Å². The van der Waals surface area contributed by atoms with Crippen molar-refractivity contribution in [2.24, 2.45) is 0 Å². The molecule has 0 saturated heterocycles. The van der Waals surface area contributed by atoms with Crippen LogP contribution >= 0.6 is 23.2 Å². The quantitative estimate of drug-likeness (QED) is 0.320. The molecular weight excluding hydrogens is 491 g/mol. The second-order valence-corrected chi connectivity index (χ2v) is 10.2. The van der Waals surface area contributed by atoms with Crippen molar-refractivity contribution in [3.05, 3.63) is 105 Å². The fraction of sp³-hybridized carbons (Fsp3) is 0.333. The van der Waals surface area contributed by atoms with Crippen LogP contribution in [0.15, 0.2) is 66.7 Å². The highest BCUT2D eigenvalue weighted by atomic mass is 35.5. The highest BCUT2D eigenvalue weighted by Crippen LogP contribution is 2.28. The van der Waals surface area contributed by atoms with Crippen LogP contribution in [0.4, 0.5) is 0 Å². The summed E-state index contributed by atoms with van der Waals surface area (Å²) in [5, 5.41) is 4.01. The number of hydrogen-bond acceptors (Lipinski definition) is 2. The smallest absolute Gasteiger partial charge is 0.243 e. The molecule has 0 aliphatic heterocycles. The summed E-state index contributed by atoms with van der Waals surface area (Å²) in [5.74, 6) is -0.346. The lowest BCUT2D eigenvalue weighted by Gasteiger charge is -2.33. The first kappa shape index (κ1) is 27.8. The Balaban J connectivity index is 2.04. The number of aryl methyl sites for hydroxylation is 2. The number of rotatable bonds is 10. The third kappa shape index (κ3) is 7.59. The van der Waals surface area contributed by atoms with E-state index in [0.29, 0.717) is 22.0 Å². The largest absolute Gasteiger partial charge is 0.352 e. The summed E-state index contributed by atoms with van der Waals surface area (Å²) in [5.41, 5.74) is 4.69. The third-order valence-electron chi connectivity index (χ3n) is 6.30. The van der Waals surface area contributed by atoms with Crippen molar-refractivity contribution in [2.75, 3.05) is 0 Å². The molecule has 0 radical (unpaired) electrons. The molecule has 190 valence electrons. The zero-order valence-electron chi connectivity index (χ0n) is 21.4. The molecule has 6 heteroatoms. The fourth-order valence-corrected chi connectivity index (χ4v) is 4.81. The number of hydrogen-bond donors (Lipinski definition) is 1. The van der Waals surface area contributed by atoms with Crippen molar-refractivity contribution in [1.29, 1.82) is 0 Å². The maximum Gasteiger partial charge on any atom is 0.243 e. The van der Waals surface area contributed by atoms with Gasteiger partial charge in [-0.3, -0.25) is 9.59 Å². The maximum atomic E-state index is 13.9. The molecule has 0 spiro atoms. The van der Waals surface area contributed by atoms with Gasteiger partial charge >= 0.3 is 0 Å². The number of amides is 2. The molecule has 3 rings (SSSR count). The summed E-state index contributed by atoms with van der Waals surface area (Å²) in [7, 11) is 0. The average Bonchev–Trinajstić information content (AvgIpc) is 2.82. The molecule has 36 heavy (non-hydrogen) atoms. The number of benzene rings is 3. The van der Waals surface area contributed by atoms with Crippen LogP contribution in [0.3, 0.4) is 0 Å². The van der Waals surface area contributed by atoms with Gasteiger partial charge in [0, 0.05) is 34.6 Å². The minimum atomic E-state index is -0.729. The Kier molecular flexibility index (Phi) is 9.98. The number of carbonyl (C=O) groups excluding carboxylic acids is 2. The van der Waals surface area contributed by atoms with Crippen LogP contribution in [0, 0.1) is 13.8 Å². The number of carbonyl (C=O) groups is 2. The summed E-state index contributed by atoms with van der Waals surface area (Å²) in [6.07, 6.45) is 1.34. The monoisotopic (exact) mass is 524 g/mol. The van der Waals surface area contributed by atoms with Crippen LogP contribution < -0.4 is 5.32 Å². The highest BCUT2D eigenvalue weighted by Gasteiger charge is 2.32. The van der Waals surface area contributed by atoms with Crippen LogP contribution in [0.25, 0.3) is 0 Å². The lowest BCUT2D eigenvalue weighted by atomic mass is 10.00. The third-order valence-corrected chi connectivity index (χ3v) is 7.01. The first-order chi connectivity index (χ1) is 17.2. The molecule has 0 fully saturated rings. The summed E-state index contributed by atoms with van der Waals surface area (Å²) < 4.78 is 0. The molecule has 2 amide bonds. The summed E-state index contributed by atoms with van der Waals surface area (Å²) in [4.78, 5) is 29.2. The second kappa shape index (κ2) is 12.9. The van der Waals surface area contributed by atoms with Crippen molar-refractivity contribution in [3.63, 3.8) is 0 Å². The van der Waals surface area contributed by atoms with E-state index in [1.54, 1.807) is 23.1 Å². The maximum absolute atomic E-state index is 13.9. The number of nitrogens with one attached hydrogen (secondary N) is 1. The lowest BCUT2D eigenvalue weighted by Crippen LogP contribution is -2.52. The summed E-state index contributed by atoms with van der Waals surface area (Å²) >= 11 is 13.0. The van der Waals surface area contributed by atoms with Gasteiger partial charge in [0.05, 0.1) is 6.42 Å². The Labute approximate surface area is 224 Å². The molecule has 1 N–H and O–H groups in total. The molecule has 0 aliphatic rings. The van der Waals surface area contributed by atoms with E-state index in [1.807, 2.05) is 70.2 Å². The van der Waals surface area contributed by atoms with E-state index >= 15 is 0 Å². The van der Waals surface area contributed by atoms with E-state index in [0.717, 1.165) is 28.7 Å². The van der Waals surface area contributed by atoms with Gasteiger partial charge in [0.2, 0.25) is 11.8 Å². The van der Waals surface area contributed by atoms with E-state index in [1.165, 1.54) is 0 Å². The highest BCUT2D eigenvalue weighted by molar-refractivity contribution is 6.36. The van der Waals surface area contributed by atoms with E-state index < -0.39 is 6.04 Å². The van der Waals surface area contributed by atoms with Crippen molar-refractivity contribution < 1.29 is 9.59 Å². The number of nitrogens with zero attached hydrogens (tertiary/aromatic N) is 1. The number of halogens is 2. The molecule has 0 saturated carbocycles. The zero-order chi connectivity index (χ0) is 26.2. The standard InChI is InChI=1S/C30H34Cl2N2O2/c1-5-22(4)33-30(36)28(17-23-10-7-6-8-11-23)34(19-25-26(31)12-9-13-27(25)32)29(35)18-24-15-20(2)14-21(3)16-24/h6-16,22,28H,5,17-19H2,1-4H3,(H,33,36)/t22-,28+/m0/s1. The van der Waals surface area contributed by atoms with Gasteiger partial charge in [0.1, 0.15) is 6.04 Å². The van der Waals surface area contributed by atoms with Crippen LogP contribution in [0.1, 0.15) is 48.1 Å². The van der Waals surface area contributed by atoms with E-state index in [9.17, 15) is 9.59 Å². The fourth-order valence-electron chi connectivity index (χ4n) is 4.30.